The molecule has 2 aliphatic rings. The Labute approximate surface area is 125 Å². The zero-order valence-electron chi connectivity index (χ0n) is 12.3. The second-order valence-corrected chi connectivity index (χ2v) is 5.97. The van der Waals surface area contributed by atoms with E-state index in [0.717, 1.165) is 51.6 Å². The molecular formula is C14H24N6O. The molecule has 21 heavy (non-hydrogen) atoms. The van der Waals surface area contributed by atoms with Crippen LogP contribution in [0.15, 0.2) is 0 Å². The third-order valence-corrected chi connectivity index (χ3v) is 4.32. The first-order chi connectivity index (χ1) is 10.2. The van der Waals surface area contributed by atoms with Crippen molar-refractivity contribution >= 4 is 17.8 Å². The highest BCUT2D eigenvalue weighted by Gasteiger charge is 2.24. The van der Waals surface area contributed by atoms with Gasteiger partial charge in [0.15, 0.2) is 0 Å². The summed E-state index contributed by atoms with van der Waals surface area (Å²) in [4.78, 5) is 15.1. The van der Waals surface area contributed by atoms with Gasteiger partial charge in [0.2, 0.25) is 17.8 Å². The Hall–Kier alpha value is -1.63. The molecule has 7 heteroatoms. The number of nitrogens with one attached hydrogen (secondary N) is 1. The van der Waals surface area contributed by atoms with Crippen LogP contribution in [0.4, 0.5) is 17.8 Å². The Morgan fingerprint density at radius 3 is 2.52 bits per heavy atom. The molecule has 7 nitrogen and oxygen atoms in total. The molecule has 1 aromatic rings. The van der Waals surface area contributed by atoms with Crippen LogP contribution in [0, 0.1) is 0 Å². The minimum absolute atomic E-state index is 0.00903. The average Bonchev–Trinajstić information content (AvgIpc) is 2.50. The smallest absolute Gasteiger partial charge is 0.231 e. The van der Waals surface area contributed by atoms with E-state index in [1.54, 1.807) is 0 Å². The first-order valence-corrected chi connectivity index (χ1v) is 7.93. The number of nitrogens with two attached hydrogens (primary N) is 1. The zero-order valence-corrected chi connectivity index (χ0v) is 12.3. The summed E-state index contributed by atoms with van der Waals surface area (Å²) in [5.41, 5.74) is 5.81. The molecule has 0 radical (unpaired) electrons. The normalized spacial score (nSPS) is 26.6. The summed E-state index contributed by atoms with van der Waals surface area (Å²) in [6.45, 7) is 1.93. The minimum atomic E-state index is -0.338. The molecule has 2 atom stereocenters. The standard InChI is InChI=1S/C14H24N6O/c15-12-17-13(16-10-6-2-3-7-11(10)21)19-14(18-12)20-8-4-1-5-9-20/h10-11,21H,1-9H2,(H3,15,16,17,18,19). The van der Waals surface area contributed by atoms with Crippen molar-refractivity contribution in [2.24, 2.45) is 0 Å². The van der Waals surface area contributed by atoms with Crippen molar-refractivity contribution in [1.29, 1.82) is 0 Å². The maximum absolute atomic E-state index is 10.0. The summed E-state index contributed by atoms with van der Waals surface area (Å²) in [5.74, 6) is 1.36. The average molecular weight is 292 g/mol. The lowest BCUT2D eigenvalue weighted by Crippen LogP contribution is -2.37. The molecule has 1 saturated heterocycles. The summed E-state index contributed by atoms with van der Waals surface area (Å²) in [7, 11) is 0. The molecule has 0 spiro atoms. The molecule has 0 amide bonds. The number of aliphatic hydroxyl groups is 1. The highest BCUT2D eigenvalue weighted by molar-refractivity contribution is 5.42. The van der Waals surface area contributed by atoms with Gasteiger partial charge in [0, 0.05) is 13.1 Å². The first-order valence-electron chi connectivity index (χ1n) is 7.93. The Morgan fingerprint density at radius 1 is 1.00 bits per heavy atom. The van der Waals surface area contributed by atoms with Gasteiger partial charge in [-0.25, -0.2) is 0 Å². The molecule has 2 heterocycles. The van der Waals surface area contributed by atoms with Gasteiger partial charge in [-0.2, -0.15) is 15.0 Å². The molecule has 2 fully saturated rings. The molecular weight excluding hydrogens is 268 g/mol. The number of hydrogen-bond acceptors (Lipinski definition) is 7. The lowest BCUT2D eigenvalue weighted by Gasteiger charge is -2.29. The van der Waals surface area contributed by atoms with Crippen LogP contribution in [0.5, 0.6) is 0 Å². The second kappa shape index (κ2) is 6.43. The minimum Gasteiger partial charge on any atom is -0.391 e. The van der Waals surface area contributed by atoms with Crippen molar-refractivity contribution in [3.8, 4) is 0 Å². The molecule has 2 unspecified atom stereocenters. The van der Waals surface area contributed by atoms with E-state index in [1.165, 1.54) is 6.42 Å². The molecule has 4 N–H and O–H groups in total. The molecule has 1 aliphatic carbocycles. The highest BCUT2D eigenvalue weighted by Crippen LogP contribution is 2.22. The van der Waals surface area contributed by atoms with Gasteiger partial charge in [-0.05, 0) is 32.1 Å². The van der Waals surface area contributed by atoms with Gasteiger partial charge in [-0.1, -0.05) is 12.8 Å². The quantitative estimate of drug-likeness (QED) is 0.768. The molecule has 1 saturated carbocycles. The fraction of sp³-hybridized carbons (Fsp3) is 0.786. The number of nitrogens with zero attached hydrogens (tertiary/aromatic N) is 4. The van der Waals surface area contributed by atoms with Crippen LogP contribution in [-0.2, 0) is 0 Å². The van der Waals surface area contributed by atoms with Crippen LogP contribution < -0.4 is 16.0 Å². The SMILES string of the molecule is Nc1nc(NC2CCCCC2O)nc(N2CCCCC2)n1. The van der Waals surface area contributed by atoms with Crippen LogP contribution in [0.2, 0.25) is 0 Å². The van der Waals surface area contributed by atoms with Gasteiger partial charge in [-0.15, -0.1) is 0 Å². The largest absolute Gasteiger partial charge is 0.391 e. The van der Waals surface area contributed by atoms with Gasteiger partial charge < -0.3 is 21.1 Å². The summed E-state index contributed by atoms with van der Waals surface area (Å²) >= 11 is 0. The Kier molecular flexibility index (Phi) is 4.38. The van der Waals surface area contributed by atoms with Crippen molar-refractivity contribution in [3.05, 3.63) is 0 Å². The van der Waals surface area contributed by atoms with Crippen molar-refractivity contribution in [2.75, 3.05) is 29.0 Å². The summed E-state index contributed by atoms with van der Waals surface area (Å²) < 4.78 is 0. The van der Waals surface area contributed by atoms with E-state index in [1.807, 2.05) is 0 Å². The lowest BCUT2D eigenvalue weighted by molar-refractivity contribution is 0.116. The van der Waals surface area contributed by atoms with Gasteiger partial charge >= 0.3 is 0 Å². The van der Waals surface area contributed by atoms with E-state index in [4.69, 9.17) is 5.73 Å². The number of piperidine rings is 1. The van der Waals surface area contributed by atoms with Crippen LogP contribution in [-0.4, -0.2) is 45.3 Å². The second-order valence-electron chi connectivity index (χ2n) is 5.97. The van der Waals surface area contributed by atoms with E-state index < -0.39 is 0 Å². The molecule has 1 aromatic heterocycles. The van der Waals surface area contributed by atoms with Gasteiger partial charge in [0.25, 0.3) is 0 Å². The molecule has 0 aromatic carbocycles. The predicted molar refractivity (Wildman–Crippen MR) is 82.2 cm³/mol. The maximum Gasteiger partial charge on any atom is 0.231 e. The molecule has 1 aliphatic heterocycles. The van der Waals surface area contributed by atoms with Crippen molar-refractivity contribution in [2.45, 2.75) is 57.1 Å². The third kappa shape index (κ3) is 3.53. The van der Waals surface area contributed by atoms with E-state index in [0.29, 0.717) is 11.9 Å². The van der Waals surface area contributed by atoms with Crippen molar-refractivity contribution in [1.82, 2.24) is 15.0 Å². The van der Waals surface area contributed by atoms with Crippen LogP contribution in [0.3, 0.4) is 0 Å². The summed E-state index contributed by atoms with van der Waals surface area (Å²) in [6, 6.07) is 0.00903. The summed E-state index contributed by atoms with van der Waals surface area (Å²) in [6.07, 6.45) is 7.21. The van der Waals surface area contributed by atoms with Gasteiger partial charge in [0.05, 0.1) is 12.1 Å². The zero-order chi connectivity index (χ0) is 14.7. The summed E-state index contributed by atoms with van der Waals surface area (Å²) in [5, 5.41) is 13.3. The van der Waals surface area contributed by atoms with Crippen molar-refractivity contribution < 1.29 is 5.11 Å². The van der Waals surface area contributed by atoms with Crippen LogP contribution in [0.1, 0.15) is 44.9 Å². The number of rotatable bonds is 3. The van der Waals surface area contributed by atoms with Crippen molar-refractivity contribution in [3.63, 3.8) is 0 Å². The predicted octanol–water partition coefficient (Wildman–Crippen LogP) is 1.16. The third-order valence-electron chi connectivity index (χ3n) is 4.32. The number of aliphatic hydroxyl groups excluding tert-OH is 1. The first kappa shape index (κ1) is 14.3. The topological polar surface area (TPSA) is 100 Å². The van der Waals surface area contributed by atoms with E-state index >= 15 is 0 Å². The highest BCUT2D eigenvalue weighted by atomic mass is 16.3. The van der Waals surface area contributed by atoms with Gasteiger partial charge in [0.1, 0.15) is 0 Å². The lowest BCUT2D eigenvalue weighted by atomic mass is 9.93. The Morgan fingerprint density at radius 2 is 1.76 bits per heavy atom. The van der Waals surface area contributed by atoms with E-state index in [-0.39, 0.29) is 18.1 Å². The van der Waals surface area contributed by atoms with Crippen LogP contribution >= 0.6 is 0 Å². The van der Waals surface area contributed by atoms with Gasteiger partial charge in [-0.3, -0.25) is 0 Å². The number of aromatic nitrogens is 3. The van der Waals surface area contributed by atoms with Crippen LogP contribution in [0.25, 0.3) is 0 Å². The van der Waals surface area contributed by atoms with E-state index in [2.05, 4.69) is 25.2 Å². The molecule has 116 valence electrons. The molecule has 0 bridgehead atoms. The Balaban J connectivity index is 1.73. The maximum atomic E-state index is 10.0. The monoisotopic (exact) mass is 292 g/mol. The van der Waals surface area contributed by atoms with E-state index in [9.17, 15) is 5.11 Å². The fourth-order valence-corrected chi connectivity index (χ4v) is 3.13. The fourth-order valence-electron chi connectivity index (χ4n) is 3.13. The number of anilines is 3. The number of nitrogen functional groups attached to an aromatic ring is 1. The number of hydrogen-bond donors (Lipinski definition) is 3. The Bertz CT molecular complexity index is 477. The molecule has 3 rings (SSSR count).